The van der Waals surface area contributed by atoms with Crippen molar-refractivity contribution in [2.75, 3.05) is 6.54 Å². The van der Waals surface area contributed by atoms with Crippen LogP contribution in [0.15, 0.2) is 24.3 Å². The fraction of sp³-hybridized carbons (Fsp3) is 0.417. The van der Waals surface area contributed by atoms with E-state index in [2.05, 4.69) is 35.2 Å². The van der Waals surface area contributed by atoms with E-state index in [4.69, 9.17) is 5.26 Å². The summed E-state index contributed by atoms with van der Waals surface area (Å²) in [6, 6.07) is 10.8. The molecule has 1 aromatic rings. The second kappa shape index (κ2) is 3.81. The first kappa shape index (κ1) is 9.23. The molecule has 0 amide bonds. The second-order valence-electron chi connectivity index (χ2n) is 3.79. The van der Waals surface area contributed by atoms with Gasteiger partial charge in [0.2, 0.25) is 0 Å². The molecule has 1 heterocycles. The smallest absolute Gasteiger partial charge is 0.0952 e. The third-order valence-electron chi connectivity index (χ3n) is 2.89. The molecule has 2 nitrogen and oxygen atoms in total. The zero-order valence-corrected chi connectivity index (χ0v) is 8.40. The molecule has 0 N–H and O–H groups in total. The summed E-state index contributed by atoms with van der Waals surface area (Å²) in [5.74, 6) is 0. The molecule has 1 unspecified atom stereocenters. The number of nitriles is 1. The Morgan fingerprint density at radius 2 is 2.07 bits per heavy atom. The Hall–Kier alpha value is -1.33. The molecular weight excluding hydrogens is 172 g/mol. The van der Waals surface area contributed by atoms with Crippen molar-refractivity contribution in [3.63, 3.8) is 0 Å². The summed E-state index contributed by atoms with van der Waals surface area (Å²) in [5, 5.41) is 8.84. The molecule has 0 bridgehead atoms. The molecule has 1 aliphatic rings. The topological polar surface area (TPSA) is 27.0 Å². The van der Waals surface area contributed by atoms with Crippen LogP contribution in [0.1, 0.15) is 18.1 Å². The molecule has 72 valence electrons. The first-order valence-corrected chi connectivity index (χ1v) is 5.01. The Kier molecular flexibility index (Phi) is 2.51. The maximum Gasteiger partial charge on any atom is 0.0952 e. The van der Waals surface area contributed by atoms with Gasteiger partial charge in [-0.3, -0.25) is 4.90 Å². The lowest BCUT2D eigenvalue weighted by Gasteiger charge is -2.30. The highest BCUT2D eigenvalue weighted by molar-refractivity contribution is 5.29. The molecule has 0 saturated carbocycles. The molecule has 14 heavy (non-hydrogen) atoms. The first-order chi connectivity index (χ1) is 6.81. The van der Waals surface area contributed by atoms with Crippen molar-refractivity contribution >= 4 is 0 Å². The van der Waals surface area contributed by atoms with E-state index >= 15 is 0 Å². The van der Waals surface area contributed by atoms with Gasteiger partial charge in [-0.05, 0) is 24.5 Å². The van der Waals surface area contributed by atoms with Crippen molar-refractivity contribution in [1.29, 1.82) is 5.26 Å². The van der Waals surface area contributed by atoms with Gasteiger partial charge in [0, 0.05) is 13.1 Å². The monoisotopic (exact) mass is 186 g/mol. The van der Waals surface area contributed by atoms with Gasteiger partial charge in [0.1, 0.15) is 0 Å². The second-order valence-corrected chi connectivity index (χ2v) is 3.79. The van der Waals surface area contributed by atoms with Gasteiger partial charge in [-0.15, -0.1) is 0 Å². The van der Waals surface area contributed by atoms with E-state index in [1.807, 2.05) is 6.92 Å². The van der Waals surface area contributed by atoms with Crippen LogP contribution in [0.3, 0.4) is 0 Å². The predicted molar refractivity (Wildman–Crippen MR) is 55.6 cm³/mol. The average Bonchev–Trinajstić information content (AvgIpc) is 2.27. The normalized spacial score (nSPS) is 18.3. The third-order valence-corrected chi connectivity index (χ3v) is 2.89. The van der Waals surface area contributed by atoms with Crippen LogP contribution in [0, 0.1) is 11.3 Å². The van der Waals surface area contributed by atoms with Crippen molar-refractivity contribution in [3.8, 4) is 6.07 Å². The molecule has 1 atom stereocenters. The first-order valence-electron chi connectivity index (χ1n) is 5.01. The van der Waals surface area contributed by atoms with E-state index in [9.17, 15) is 0 Å². The summed E-state index contributed by atoms with van der Waals surface area (Å²) in [5.41, 5.74) is 2.81. The molecular formula is C12H14N2. The highest BCUT2D eigenvalue weighted by Gasteiger charge is 2.19. The van der Waals surface area contributed by atoms with Gasteiger partial charge in [-0.2, -0.15) is 5.26 Å². The van der Waals surface area contributed by atoms with Gasteiger partial charge in [-0.1, -0.05) is 24.3 Å². The molecule has 0 saturated heterocycles. The summed E-state index contributed by atoms with van der Waals surface area (Å²) in [4.78, 5) is 2.22. The minimum atomic E-state index is 0.0309. The maximum atomic E-state index is 8.84. The van der Waals surface area contributed by atoms with Crippen molar-refractivity contribution in [3.05, 3.63) is 35.4 Å². The van der Waals surface area contributed by atoms with Crippen LogP contribution in [-0.4, -0.2) is 17.5 Å². The molecule has 1 aromatic carbocycles. The van der Waals surface area contributed by atoms with E-state index in [-0.39, 0.29) is 6.04 Å². The average molecular weight is 186 g/mol. The van der Waals surface area contributed by atoms with E-state index in [1.54, 1.807) is 0 Å². The van der Waals surface area contributed by atoms with E-state index < -0.39 is 0 Å². The summed E-state index contributed by atoms with van der Waals surface area (Å²) in [6.07, 6.45) is 1.07. The van der Waals surface area contributed by atoms with E-state index in [0.29, 0.717) is 0 Å². The van der Waals surface area contributed by atoms with Crippen LogP contribution in [0.2, 0.25) is 0 Å². The van der Waals surface area contributed by atoms with Gasteiger partial charge < -0.3 is 0 Å². The number of hydrogen-bond acceptors (Lipinski definition) is 2. The van der Waals surface area contributed by atoms with Crippen molar-refractivity contribution in [2.45, 2.75) is 25.9 Å². The number of benzene rings is 1. The van der Waals surface area contributed by atoms with Crippen LogP contribution >= 0.6 is 0 Å². The molecule has 0 spiro atoms. The Labute approximate surface area is 84.8 Å². The van der Waals surface area contributed by atoms with E-state index in [0.717, 1.165) is 19.5 Å². The number of nitrogens with zero attached hydrogens (tertiary/aromatic N) is 2. The predicted octanol–water partition coefficient (Wildman–Crippen LogP) is 1.96. The highest BCUT2D eigenvalue weighted by Crippen LogP contribution is 2.19. The van der Waals surface area contributed by atoms with Crippen molar-refractivity contribution < 1.29 is 0 Å². The van der Waals surface area contributed by atoms with Crippen LogP contribution in [0.5, 0.6) is 0 Å². The summed E-state index contributed by atoms with van der Waals surface area (Å²) < 4.78 is 0. The zero-order valence-electron chi connectivity index (χ0n) is 8.40. The summed E-state index contributed by atoms with van der Waals surface area (Å²) in [6.45, 7) is 3.89. The van der Waals surface area contributed by atoms with E-state index in [1.165, 1.54) is 11.1 Å². The largest absolute Gasteiger partial charge is 0.284 e. The number of rotatable bonds is 1. The SMILES string of the molecule is CC(C#N)N1CCc2ccccc2C1. The van der Waals surface area contributed by atoms with Gasteiger partial charge in [0.15, 0.2) is 0 Å². The van der Waals surface area contributed by atoms with Gasteiger partial charge in [0.05, 0.1) is 12.1 Å². The van der Waals surface area contributed by atoms with Crippen LogP contribution in [-0.2, 0) is 13.0 Å². The van der Waals surface area contributed by atoms with Crippen LogP contribution in [0.25, 0.3) is 0 Å². The van der Waals surface area contributed by atoms with Crippen molar-refractivity contribution in [1.82, 2.24) is 4.90 Å². The molecule has 2 rings (SSSR count). The standard InChI is InChI=1S/C12H14N2/c1-10(8-13)14-7-6-11-4-2-3-5-12(11)9-14/h2-5,10H,6-7,9H2,1H3. The Balaban J connectivity index is 2.18. The third kappa shape index (κ3) is 1.64. The summed E-state index contributed by atoms with van der Waals surface area (Å²) >= 11 is 0. The highest BCUT2D eigenvalue weighted by atomic mass is 15.1. The number of fused-ring (bicyclic) bond motifs is 1. The minimum absolute atomic E-state index is 0.0309. The minimum Gasteiger partial charge on any atom is -0.284 e. The lowest BCUT2D eigenvalue weighted by molar-refractivity contribution is 0.226. The number of hydrogen-bond donors (Lipinski definition) is 0. The molecule has 0 aliphatic carbocycles. The van der Waals surface area contributed by atoms with Gasteiger partial charge in [-0.25, -0.2) is 0 Å². The lowest BCUT2D eigenvalue weighted by atomic mass is 9.99. The Bertz CT molecular complexity index is 365. The lowest BCUT2D eigenvalue weighted by Crippen LogP contribution is -2.36. The van der Waals surface area contributed by atoms with Crippen LogP contribution in [0.4, 0.5) is 0 Å². The van der Waals surface area contributed by atoms with Gasteiger partial charge >= 0.3 is 0 Å². The molecule has 0 fully saturated rings. The fourth-order valence-electron chi connectivity index (χ4n) is 1.93. The van der Waals surface area contributed by atoms with Crippen LogP contribution < -0.4 is 0 Å². The summed E-state index contributed by atoms with van der Waals surface area (Å²) in [7, 11) is 0. The van der Waals surface area contributed by atoms with Crippen molar-refractivity contribution in [2.24, 2.45) is 0 Å². The van der Waals surface area contributed by atoms with Gasteiger partial charge in [0.25, 0.3) is 0 Å². The molecule has 0 aromatic heterocycles. The molecule has 1 aliphatic heterocycles. The Morgan fingerprint density at radius 1 is 1.36 bits per heavy atom. The quantitative estimate of drug-likeness (QED) is 0.670. The maximum absolute atomic E-state index is 8.84. The zero-order chi connectivity index (χ0) is 9.97. The molecule has 0 radical (unpaired) electrons. The molecule has 2 heteroatoms. The Morgan fingerprint density at radius 3 is 2.79 bits per heavy atom. The fourth-order valence-corrected chi connectivity index (χ4v) is 1.93.